The summed E-state index contributed by atoms with van der Waals surface area (Å²) < 4.78 is 1.63. The van der Waals surface area contributed by atoms with Crippen LogP contribution in [0, 0.1) is 0 Å². The van der Waals surface area contributed by atoms with Crippen molar-refractivity contribution in [3.05, 3.63) is 97.1 Å². The van der Waals surface area contributed by atoms with E-state index in [-0.39, 0.29) is 5.91 Å². The molecule has 0 aliphatic carbocycles. The molecule has 5 heteroatoms. The van der Waals surface area contributed by atoms with Gasteiger partial charge in [-0.25, -0.2) is 9.67 Å². The van der Waals surface area contributed by atoms with Crippen molar-refractivity contribution in [1.82, 2.24) is 14.8 Å². The quantitative estimate of drug-likeness (QED) is 0.587. The predicted molar refractivity (Wildman–Crippen MR) is 106 cm³/mol. The molecule has 0 saturated heterocycles. The minimum absolute atomic E-state index is 0.0740. The van der Waals surface area contributed by atoms with E-state index in [2.05, 4.69) is 27.5 Å². The Labute approximate surface area is 157 Å². The molecular weight excluding hydrogens is 336 g/mol. The summed E-state index contributed by atoms with van der Waals surface area (Å²) >= 11 is 0. The first kappa shape index (κ1) is 16.7. The number of aromatic nitrogens is 3. The zero-order valence-corrected chi connectivity index (χ0v) is 14.6. The summed E-state index contributed by atoms with van der Waals surface area (Å²) in [6.07, 6.45) is 3.38. The van der Waals surface area contributed by atoms with Crippen LogP contribution in [0.2, 0.25) is 0 Å². The number of anilines is 1. The molecule has 0 atom stereocenters. The molecule has 1 amide bonds. The molecule has 1 aromatic heterocycles. The number of hydrogen-bond acceptors (Lipinski definition) is 3. The Morgan fingerprint density at radius 1 is 0.852 bits per heavy atom. The van der Waals surface area contributed by atoms with Gasteiger partial charge in [0.2, 0.25) is 5.91 Å². The van der Waals surface area contributed by atoms with Crippen LogP contribution >= 0.6 is 0 Å². The number of nitrogens with zero attached hydrogens (tertiary/aromatic N) is 3. The van der Waals surface area contributed by atoms with E-state index >= 15 is 0 Å². The minimum Gasteiger partial charge on any atom is -0.324 e. The zero-order chi connectivity index (χ0) is 18.5. The van der Waals surface area contributed by atoms with Gasteiger partial charge in [0.15, 0.2) is 0 Å². The fraction of sp³-hybridized carbons (Fsp3) is 0.0455. The average Bonchev–Trinajstić information content (AvgIpc) is 3.24. The van der Waals surface area contributed by atoms with Gasteiger partial charge in [0.25, 0.3) is 0 Å². The maximum atomic E-state index is 12.5. The molecule has 132 valence electrons. The highest BCUT2D eigenvalue weighted by Gasteiger charge is 2.09. The van der Waals surface area contributed by atoms with Crippen LogP contribution in [0.5, 0.6) is 0 Å². The first-order valence-corrected chi connectivity index (χ1v) is 8.68. The molecule has 1 N–H and O–H groups in total. The Morgan fingerprint density at radius 2 is 1.56 bits per heavy atom. The molecule has 0 aliphatic rings. The van der Waals surface area contributed by atoms with Crippen molar-refractivity contribution in [2.24, 2.45) is 0 Å². The van der Waals surface area contributed by atoms with Crippen molar-refractivity contribution in [1.29, 1.82) is 0 Å². The van der Waals surface area contributed by atoms with Gasteiger partial charge in [0, 0.05) is 0 Å². The van der Waals surface area contributed by atoms with Crippen LogP contribution in [0.3, 0.4) is 0 Å². The molecule has 0 radical (unpaired) electrons. The number of amides is 1. The first-order valence-electron chi connectivity index (χ1n) is 8.68. The normalized spacial score (nSPS) is 10.5. The summed E-state index contributed by atoms with van der Waals surface area (Å²) in [4.78, 5) is 16.5. The molecule has 0 bridgehead atoms. The lowest BCUT2D eigenvalue weighted by Crippen LogP contribution is -2.16. The van der Waals surface area contributed by atoms with Gasteiger partial charge < -0.3 is 5.32 Å². The second kappa shape index (κ2) is 7.66. The minimum atomic E-state index is -0.0740. The number of carbonyl (C=O) groups excluding carboxylic acids is 1. The van der Waals surface area contributed by atoms with E-state index in [0.29, 0.717) is 12.1 Å². The monoisotopic (exact) mass is 354 g/mol. The van der Waals surface area contributed by atoms with E-state index in [4.69, 9.17) is 0 Å². The van der Waals surface area contributed by atoms with Gasteiger partial charge in [0.1, 0.15) is 12.7 Å². The van der Waals surface area contributed by atoms with Crippen LogP contribution in [0.4, 0.5) is 5.69 Å². The van der Waals surface area contributed by atoms with E-state index in [9.17, 15) is 4.79 Å². The molecule has 0 unspecified atom stereocenters. The Hall–Kier alpha value is -3.73. The largest absolute Gasteiger partial charge is 0.324 e. The van der Waals surface area contributed by atoms with Gasteiger partial charge >= 0.3 is 0 Å². The highest BCUT2D eigenvalue weighted by atomic mass is 16.1. The fourth-order valence-electron chi connectivity index (χ4n) is 2.94. The molecule has 0 aliphatic heterocycles. The predicted octanol–water partition coefficient (Wildman–Crippen LogP) is 4.12. The van der Waals surface area contributed by atoms with Crippen LogP contribution in [0.1, 0.15) is 5.56 Å². The lowest BCUT2D eigenvalue weighted by Gasteiger charge is -2.11. The molecule has 4 rings (SSSR count). The van der Waals surface area contributed by atoms with Crippen LogP contribution < -0.4 is 5.32 Å². The van der Waals surface area contributed by atoms with E-state index < -0.39 is 0 Å². The number of rotatable bonds is 5. The van der Waals surface area contributed by atoms with Crippen molar-refractivity contribution in [3.8, 4) is 16.8 Å². The topological polar surface area (TPSA) is 59.8 Å². The van der Waals surface area contributed by atoms with Gasteiger partial charge in [0.05, 0.1) is 17.8 Å². The van der Waals surface area contributed by atoms with Crippen molar-refractivity contribution in [2.75, 3.05) is 5.32 Å². The molecule has 1 heterocycles. The fourth-order valence-corrected chi connectivity index (χ4v) is 2.94. The zero-order valence-electron chi connectivity index (χ0n) is 14.6. The third-order valence-electron chi connectivity index (χ3n) is 4.27. The van der Waals surface area contributed by atoms with Crippen molar-refractivity contribution >= 4 is 11.6 Å². The highest BCUT2D eigenvalue weighted by molar-refractivity contribution is 5.94. The summed E-state index contributed by atoms with van der Waals surface area (Å²) in [5.74, 6) is -0.0740. The van der Waals surface area contributed by atoms with E-state index in [1.165, 1.54) is 6.33 Å². The van der Waals surface area contributed by atoms with Gasteiger partial charge in [-0.1, -0.05) is 66.7 Å². The van der Waals surface area contributed by atoms with Crippen LogP contribution in [0.25, 0.3) is 16.8 Å². The molecule has 0 fully saturated rings. The number of benzene rings is 3. The van der Waals surface area contributed by atoms with Crippen LogP contribution in [-0.4, -0.2) is 20.7 Å². The summed E-state index contributed by atoms with van der Waals surface area (Å²) in [6.45, 7) is 0. The van der Waals surface area contributed by atoms with Gasteiger partial charge in [-0.15, -0.1) is 0 Å². The second-order valence-corrected chi connectivity index (χ2v) is 6.15. The van der Waals surface area contributed by atoms with Crippen molar-refractivity contribution < 1.29 is 4.79 Å². The SMILES string of the molecule is O=C(Cc1ccc(-c2ccccc2)cc1)Nc1ccccc1-n1cncn1. The molecule has 0 spiro atoms. The third kappa shape index (κ3) is 3.93. The summed E-state index contributed by atoms with van der Waals surface area (Å²) in [5, 5.41) is 7.10. The third-order valence-corrected chi connectivity index (χ3v) is 4.27. The molecule has 3 aromatic carbocycles. The number of carbonyl (C=O) groups is 1. The second-order valence-electron chi connectivity index (χ2n) is 6.15. The highest BCUT2D eigenvalue weighted by Crippen LogP contribution is 2.21. The molecule has 27 heavy (non-hydrogen) atoms. The maximum absolute atomic E-state index is 12.5. The van der Waals surface area contributed by atoms with Gasteiger partial charge in [-0.3, -0.25) is 4.79 Å². The smallest absolute Gasteiger partial charge is 0.228 e. The number of hydrogen-bond donors (Lipinski definition) is 1. The molecular formula is C22H18N4O. The molecule has 4 aromatic rings. The van der Waals surface area contributed by atoms with E-state index in [1.807, 2.05) is 66.7 Å². The Morgan fingerprint density at radius 3 is 2.30 bits per heavy atom. The summed E-state index contributed by atoms with van der Waals surface area (Å²) in [6, 6.07) is 25.8. The van der Waals surface area contributed by atoms with E-state index in [1.54, 1.807) is 11.0 Å². The average molecular weight is 354 g/mol. The van der Waals surface area contributed by atoms with Crippen molar-refractivity contribution in [3.63, 3.8) is 0 Å². The van der Waals surface area contributed by atoms with Crippen LogP contribution in [-0.2, 0) is 11.2 Å². The first-order chi connectivity index (χ1) is 13.3. The Bertz CT molecular complexity index is 1030. The number of para-hydroxylation sites is 2. The standard InChI is InChI=1S/C22H18N4O/c27-22(25-20-8-4-5-9-21(20)26-16-23-15-24-26)14-17-10-12-19(13-11-17)18-6-2-1-3-7-18/h1-13,15-16H,14H2,(H,25,27). The van der Waals surface area contributed by atoms with Gasteiger partial charge in [-0.2, -0.15) is 5.10 Å². The Balaban J connectivity index is 1.46. The van der Waals surface area contributed by atoms with Gasteiger partial charge in [-0.05, 0) is 28.8 Å². The lowest BCUT2D eigenvalue weighted by atomic mass is 10.0. The Kier molecular flexibility index (Phi) is 4.74. The number of nitrogens with one attached hydrogen (secondary N) is 1. The molecule has 0 saturated carbocycles. The summed E-state index contributed by atoms with van der Waals surface area (Å²) in [7, 11) is 0. The summed E-state index contributed by atoms with van der Waals surface area (Å²) in [5.41, 5.74) is 4.74. The molecule has 5 nitrogen and oxygen atoms in total. The van der Waals surface area contributed by atoms with Crippen molar-refractivity contribution in [2.45, 2.75) is 6.42 Å². The lowest BCUT2D eigenvalue weighted by molar-refractivity contribution is -0.115. The van der Waals surface area contributed by atoms with E-state index in [0.717, 1.165) is 22.4 Å². The maximum Gasteiger partial charge on any atom is 0.228 e. The van der Waals surface area contributed by atoms with Crippen LogP contribution in [0.15, 0.2) is 91.5 Å².